The number of piperazine rings is 1. The summed E-state index contributed by atoms with van der Waals surface area (Å²) >= 11 is 0. The topological polar surface area (TPSA) is 75.1 Å². The predicted molar refractivity (Wildman–Crippen MR) is 124 cm³/mol. The molecule has 4 rings (SSSR count). The molecule has 32 heavy (non-hydrogen) atoms. The fraction of sp³-hybridized carbons (Fsp3) is 0.522. The molecule has 0 saturated carbocycles. The second kappa shape index (κ2) is 9.15. The van der Waals surface area contributed by atoms with E-state index in [1.165, 1.54) is 0 Å². The molecular formula is C23H32N4O4S. The van der Waals surface area contributed by atoms with Crippen LogP contribution in [0.2, 0.25) is 0 Å². The first-order valence-corrected chi connectivity index (χ1v) is 12.6. The van der Waals surface area contributed by atoms with Crippen molar-refractivity contribution in [1.29, 1.82) is 0 Å². The number of anilines is 1. The van der Waals surface area contributed by atoms with E-state index in [0.29, 0.717) is 37.6 Å². The third-order valence-corrected chi connectivity index (χ3v) is 8.66. The highest BCUT2D eigenvalue weighted by molar-refractivity contribution is 7.89. The number of methoxy groups -OCH3 is 1. The second-order valence-electron chi connectivity index (χ2n) is 8.48. The molecule has 1 amide bonds. The molecule has 0 atom stereocenters. The predicted octanol–water partition coefficient (Wildman–Crippen LogP) is 2.48. The number of sulfonamides is 1. The molecule has 9 heteroatoms. The van der Waals surface area contributed by atoms with Crippen LogP contribution in [0.3, 0.4) is 0 Å². The molecule has 1 aromatic heterocycles. The molecule has 2 aliphatic heterocycles. The fourth-order valence-corrected chi connectivity index (χ4v) is 6.29. The normalized spacial score (nSPS) is 18.1. The van der Waals surface area contributed by atoms with Crippen LogP contribution in [0.4, 0.5) is 5.69 Å². The smallest absolute Gasteiger partial charge is 0.270 e. The maximum atomic E-state index is 13.3. The van der Waals surface area contributed by atoms with Gasteiger partial charge in [-0.15, -0.1) is 0 Å². The number of amides is 1. The van der Waals surface area contributed by atoms with E-state index in [4.69, 9.17) is 4.74 Å². The lowest BCUT2D eigenvalue weighted by Crippen LogP contribution is -2.49. The van der Waals surface area contributed by atoms with Gasteiger partial charge in [-0.05, 0) is 50.1 Å². The molecule has 174 valence electrons. The molecule has 2 aromatic rings. The molecule has 8 nitrogen and oxygen atoms in total. The number of nitrogens with zero attached hydrogens (tertiary/aromatic N) is 4. The number of aromatic nitrogens is 1. The van der Waals surface area contributed by atoms with Crippen LogP contribution in [0.25, 0.3) is 0 Å². The van der Waals surface area contributed by atoms with Gasteiger partial charge in [0.15, 0.2) is 0 Å². The Morgan fingerprint density at radius 3 is 2.16 bits per heavy atom. The molecule has 0 radical (unpaired) electrons. The number of ether oxygens (including phenoxy) is 1. The van der Waals surface area contributed by atoms with Crippen molar-refractivity contribution in [2.45, 2.75) is 31.1 Å². The highest BCUT2D eigenvalue weighted by Gasteiger charge is 2.32. The van der Waals surface area contributed by atoms with Crippen molar-refractivity contribution in [3.63, 3.8) is 0 Å². The fourth-order valence-electron chi connectivity index (χ4n) is 4.50. The number of rotatable bonds is 5. The van der Waals surface area contributed by atoms with Gasteiger partial charge in [-0.1, -0.05) is 6.42 Å². The SMILES string of the molecule is COc1ccc(N2CCN(C(=O)c3cc(S(=O)(=O)N4CCCCC4)c(C)n3C)CC2)cc1. The standard InChI is InChI=1S/C23H32N4O4S/c1-18-22(32(29,30)27-11-5-4-6-12-27)17-21(24(18)2)23(28)26-15-13-25(14-16-26)19-7-9-20(31-3)10-8-19/h7-10,17H,4-6,11-16H2,1-3H3. The Labute approximate surface area is 190 Å². The Bertz CT molecular complexity index is 1060. The minimum absolute atomic E-state index is 0.120. The Morgan fingerprint density at radius 2 is 1.56 bits per heavy atom. The lowest BCUT2D eigenvalue weighted by Gasteiger charge is -2.36. The molecule has 2 fully saturated rings. The Morgan fingerprint density at radius 1 is 0.938 bits per heavy atom. The highest BCUT2D eigenvalue weighted by atomic mass is 32.2. The molecule has 2 aliphatic rings. The zero-order valence-corrected chi connectivity index (χ0v) is 19.9. The zero-order valence-electron chi connectivity index (χ0n) is 19.1. The van der Waals surface area contributed by atoms with Crippen LogP contribution in [0.5, 0.6) is 5.75 Å². The molecule has 2 saturated heterocycles. The number of benzene rings is 1. The van der Waals surface area contributed by atoms with E-state index in [9.17, 15) is 13.2 Å². The van der Waals surface area contributed by atoms with Crippen LogP contribution in [-0.2, 0) is 17.1 Å². The van der Waals surface area contributed by atoms with Crippen LogP contribution < -0.4 is 9.64 Å². The molecule has 0 unspecified atom stereocenters. The van der Waals surface area contributed by atoms with Gasteiger partial charge in [0, 0.05) is 57.7 Å². The summed E-state index contributed by atoms with van der Waals surface area (Å²) in [4.78, 5) is 17.6. The van der Waals surface area contributed by atoms with E-state index in [1.807, 2.05) is 29.2 Å². The summed E-state index contributed by atoms with van der Waals surface area (Å²) in [7, 11) is -0.170. The van der Waals surface area contributed by atoms with Crippen molar-refractivity contribution in [3.05, 3.63) is 41.7 Å². The van der Waals surface area contributed by atoms with Crippen LogP contribution >= 0.6 is 0 Å². The van der Waals surface area contributed by atoms with Crippen molar-refractivity contribution in [2.75, 3.05) is 51.3 Å². The van der Waals surface area contributed by atoms with E-state index in [1.54, 1.807) is 36.0 Å². The lowest BCUT2D eigenvalue weighted by atomic mass is 10.2. The van der Waals surface area contributed by atoms with Gasteiger partial charge in [0.2, 0.25) is 10.0 Å². The highest BCUT2D eigenvalue weighted by Crippen LogP contribution is 2.27. The second-order valence-corrected chi connectivity index (χ2v) is 10.4. The van der Waals surface area contributed by atoms with E-state index in [0.717, 1.165) is 43.8 Å². The monoisotopic (exact) mass is 460 g/mol. The molecule has 0 spiro atoms. The van der Waals surface area contributed by atoms with Crippen molar-refractivity contribution < 1.29 is 17.9 Å². The number of piperidine rings is 1. The van der Waals surface area contributed by atoms with Crippen LogP contribution in [-0.4, -0.2) is 74.5 Å². The minimum Gasteiger partial charge on any atom is -0.497 e. The number of hydrogen-bond acceptors (Lipinski definition) is 5. The number of hydrogen-bond donors (Lipinski definition) is 0. The van der Waals surface area contributed by atoms with Gasteiger partial charge in [-0.2, -0.15) is 4.31 Å². The summed E-state index contributed by atoms with van der Waals surface area (Å²) in [5.74, 6) is 0.696. The lowest BCUT2D eigenvalue weighted by molar-refractivity contribution is 0.0737. The Kier molecular flexibility index (Phi) is 6.48. The van der Waals surface area contributed by atoms with Gasteiger partial charge in [0.25, 0.3) is 5.91 Å². The average molecular weight is 461 g/mol. The van der Waals surface area contributed by atoms with E-state index in [-0.39, 0.29) is 10.8 Å². The summed E-state index contributed by atoms with van der Waals surface area (Å²) in [6.07, 6.45) is 2.83. The number of carbonyl (C=O) groups is 1. The van der Waals surface area contributed by atoms with E-state index >= 15 is 0 Å². The largest absolute Gasteiger partial charge is 0.497 e. The van der Waals surface area contributed by atoms with Gasteiger partial charge in [0.1, 0.15) is 16.3 Å². The number of carbonyl (C=O) groups excluding carboxylic acids is 1. The van der Waals surface area contributed by atoms with Crippen molar-refractivity contribution >= 4 is 21.6 Å². The summed E-state index contributed by atoms with van der Waals surface area (Å²) in [6, 6.07) is 9.48. The first-order valence-electron chi connectivity index (χ1n) is 11.2. The minimum atomic E-state index is -3.59. The first-order chi connectivity index (χ1) is 15.3. The maximum absolute atomic E-state index is 13.3. The van der Waals surface area contributed by atoms with Crippen LogP contribution in [0.15, 0.2) is 35.2 Å². The first kappa shape index (κ1) is 22.7. The molecule has 0 aliphatic carbocycles. The zero-order chi connectivity index (χ0) is 22.9. The molecule has 0 bridgehead atoms. The van der Waals surface area contributed by atoms with Gasteiger partial charge in [-0.3, -0.25) is 4.79 Å². The summed E-state index contributed by atoms with van der Waals surface area (Å²) in [6.45, 7) is 5.49. The van der Waals surface area contributed by atoms with Crippen molar-refractivity contribution in [2.24, 2.45) is 7.05 Å². The van der Waals surface area contributed by atoms with Gasteiger partial charge in [-0.25, -0.2) is 8.42 Å². The van der Waals surface area contributed by atoms with Gasteiger partial charge in [0.05, 0.1) is 7.11 Å². The van der Waals surface area contributed by atoms with Gasteiger partial charge < -0.3 is 19.1 Å². The average Bonchev–Trinajstić information content (AvgIpc) is 3.14. The maximum Gasteiger partial charge on any atom is 0.270 e. The van der Waals surface area contributed by atoms with Crippen LogP contribution in [0, 0.1) is 6.92 Å². The van der Waals surface area contributed by atoms with Crippen LogP contribution in [0.1, 0.15) is 35.4 Å². The summed E-state index contributed by atoms with van der Waals surface area (Å²) in [5, 5.41) is 0. The molecule has 1 aromatic carbocycles. The quantitative estimate of drug-likeness (QED) is 0.685. The summed E-state index contributed by atoms with van der Waals surface area (Å²) in [5.41, 5.74) is 2.13. The summed E-state index contributed by atoms with van der Waals surface area (Å²) < 4.78 is 34.9. The van der Waals surface area contributed by atoms with Gasteiger partial charge >= 0.3 is 0 Å². The third kappa shape index (κ3) is 4.23. The van der Waals surface area contributed by atoms with E-state index in [2.05, 4.69) is 4.90 Å². The van der Waals surface area contributed by atoms with E-state index < -0.39 is 10.0 Å². The molecule has 0 N–H and O–H groups in total. The third-order valence-electron chi connectivity index (χ3n) is 6.65. The van der Waals surface area contributed by atoms with Crippen molar-refractivity contribution in [3.8, 4) is 5.75 Å². The van der Waals surface area contributed by atoms with Crippen molar-refractivity contribution in [1.82, 2.24) is 13.8 Å². The Balaban J connectivity index is 1.47. The Hall–Kier alpha value is -2.52. The molecule has 3 heterocycles. The molecular weight excluding hydrogens is 428 g/mol.